The van der Waals surface area contributed by atoms with Crippen molar-refractivity contribution in [3.8, 4) is 0 Å². The van der Waals surface area contributed by atoms with Crippen LogP contribution < -0.4 is 15.5 Å². The molecule has 126 valence electrons. The Bertz CT molecular complexity index is 533. The number of carbonyl (C=O) groups is 1. The Morgan fingerprint density at radius 2 is 2.00 bits per heavy atom. The summed E-state index contributed by atoms with van der Waals surface area (Å²) in [6.07, 6.45) is 2.43. The zero-order valence-corrected chi connectivity index (χ0v) is 14.0. The van der Waals surface area contributed by atoms with Crippen molar-refractivity contribution in [2.24, 2.45) is 5.92 Å². The highest BCUT2D eigenvalue weighted by Crippen LogP contribution is 2.29. The number of ether oxygens (including phenoxy) is 1. The molecule has 0 saturated carbocycles. The van der Waals surface area contributed by atoms with Gasteiger partial charge in [0.1, 0.15) is 0 Å². The van der Waals surface area contributed by atoms with Crippen molar-refractivity contribution >= 4 is 17.3 Å². The normalized spacial score (nSPS) is 28.4. The van der Waals surface area contributed by atoms with Gasteiger partial charge in [0.05, 0.1) is 29.5 Å². The fraction of sp³-hybridized carbons (Fsp3) is 0.611. The first-order chi connectivity index (χ1) is 11.1. The predicted molar refractivity (Wildman–Crippen MR) is 92.9 cm³/mol. The number of nitrogens with one attached hydrogen (secondary N) is 2. The van der Waals surface area contributed by atoms with Gasteiger partial charge >= 0.3 is 0 Å². The van der Waals surface area contributed by atoms with E-state index in [0.29, 0.717) is 0 Å². The van der Waals surface area contributed by atoms with Crippen LogP contribution in [0.3, 0.4) is 0 Å². The predicted octanol–water partition coefficient (Wildman–Crippen LogP) is 2.24. The molecule has 2 heterocycles. The van der Waals surface area contributed by atoms with Crippen LogP contribution in [0, 0.1) is 5.92 Å². The molecule has 0 bridgehead atoms. The molecule has 1 aromatic rings. The second-order valence-corrected chi connectivity index (χ2v) is 6.71. The molecule has 5 nitrogen and oxygen atoms in total. The van der Waals surface area contributed by atoms with Crippen molar-refractivity contribution in [1.82, 2.24) is 5.32 Å². The number of para-hydroxylation sites is 2. The van der Waals surface area contributed by atoms with E-state index in [1.165, 1.54) is 0 Å². The highest BCUT2D eigenvalue weighted by Gasteiger charge is 2.26. The van der Waals surface area contributed by atoms with E-state index in [-0.39, 0.29) is 24.0 Å². The lowest BCUT2D eigenvalue weighted by Gasteiger charge is -2.37. The molecule has 1 amide bonds. The first kappa shape index (κ1) is 16.3. The first-order valence-corrected chi connectivity index (χ1v) is 8.64. The van der Waals surface area contributed by atoms with Crippen LogP contribution in [-0.4, -0.2) is 44.3 Å². The Balaban J connectivity index is 1.73. The van der Waals surface area contributed by atoms with Gasteiger partial charge in [0.15, 0.2) is 0 Å². The minimum absolute atomic E-state index is 0.0688. The van der Waals surface area contributed by atoms with Crippen LogP contribution in [0.25, 0.3) is 0 Å². The monoisotopic (exact) mass is 317 g/mol. The summed E-state index contributed by atoms with van der Waals surface area (Å²) in [5.74, 6) is 0.193. The van der Waals surface area contributed by atoms with Crippen LogP contribution in [-0.2, 0) is 9.53 Å². The lowest BCUT2D eigenvalue weighted by Crippen LogP contribution is -2.46. The van der Waals surface area contributed by atoms with Gasteiger partial charge in [-0.2, -0.15) is 0 Å². The van der Waals surface area contributed by atoms with Crippen LogP contribution >= 0.6 is 0 Å². The number of anilines is 2. The molecule has 3 atom stereocenters. The van der Waals surface area contributed by atoms with Gasteiger partial charge in [0, 0.05) is 19.6 Å². The molecule has 0 spiro atoms. The maximum absolute atomic E-state index is 12.5. The Morgan fingerprint density at radius 1 is 1.26 bits per heavy atom. The third kappa shape index (κ3) is 4.03. The van der Waals surface area contributed by atoms with Gasteiger partial charge in [-0.25, -0.2) is 0 Å². The van der Waals surface area contributed by atoms with Gasteiger partial charge in [-0.15, -0.1) is 0 Å². The average Bonchev–Trinajstić information content (AvgIpc) is 2.55. The molecule has 3 rings (SSSR count). The third-order valence-corrected chi connectivity index (χ3v) is 4.59. The summed E-state index contributed by atoms with van der Waals surface area (Å²) in [4.78, 5) is 14.8. The summed E-state index contributed by atoms with van der Waals surface area (Å²) in [5, 5.41) is 6.45. The van der Waals surface area contributed by atoms with Gasteiger partial charge in [-0.1, -0.05) is 12.1 Å². The third-order valence-electron chi connectivity index (χ3n) is 4.59. The number of hydrogen-bond donors (Lipinski definition) is 2. The highest BCUT2D eigenvalue weighted by atomic mass is 16.5. The van der Waals surface area contributed by atoms with E-state index in [0.717, 1.165) is 50.4 Å². The molecule has 0 aliphatic carbocycles. The molecule has 2 N–H and O–H groups in total. The second kappa shape index (κ2) is 7.32. The number of rotatable bonds is 3. The summed E-state index contributed by atoms with van der Waals surface area (Å²) in [6, 6.07) is 8.08. The van der Waals surface area contributed by atoms with E-state index in [1.807, 2.05) is 18.2 Å². The number of carbonyl (C=O) groups excluding carboxylic acids is 1. The van der Waals surface area contributed by atoms with Gasteiger partial charge in [0.2, 0.25) is 5.91 Å². The lowest BCUT2D eigenvalue weighted by atomic mass is 9.98. The number of hydrogen-bond acceptors (Lipinski definition) is 4. The fourth-order valence-corrected chi connectivity index (χ4v) is 3.54. The Hall–Kier alpha value is -1.59. The van der Waals surface area contributed by atoms with E-state index < -0.39 is 0 Å². The number of piperidine rings is 1. The van der Waals surface area contributed by atoms with Crippen LogP contribution in [0.2, 0.25) is 0 Å². The first-order valence-electron chi connectivity index (χ1n) is 8.64. The molecule has 0 radical (unpaired) electrons. The van der Waals surface area contributed by atoms with Gasteiger partial charge < -0.3 is 20.3 Å². The zero-order chi connectivity index (χ0) is 16.2. The standard InChI is InChI=1S/C18H27N3O2/c1-13-11-21(12-14(2)23-13)17-8-4-3-7-16(17)20-18(22)15-6-5-9-19-10-15/h3-4,7-8,13-15,19H,5-6,9-12H2,1-2H3,(H,20,22). The quantitative estimate of drug-likeness (QED) is 0.898. The summed E-state index contributed by atoms with van der Waals surface area (Å²) in [7, 11) is 0. The molecule has 3 unspecified atom stereocenters. The van der Waals surface area contributed by atoms with Crippen LogP contribution in [0.1, 0.15) is 26.7 Å². The van der Waals surface area contributed by atoms with Crippen molar-refractivity contribution in [3.05, 3.63) is 24.3 Å². The van der Waals surface area contributed by atoms with E-state index in [2.05, 4.69) is 35.4 Å². The van der Waals surface area contributed by atoms with Crippen LogP contribution in [0.4, 0.5) is 11.4 Å². The molecule has 1 aromatic carbocycles. The fourth-order valence-electron chi connectivity index (χ4n) is 3.54. The molecule has 2 saturated heterocycles. The number of morpholine rings is 1. The Morgan fingerprint density at radius 3 is 2.70 bits per heavy atom. The summed E-state index contributed by atoms with van der Waals surface area (Å²) < 4.78 is 5.82. The number of nitrogens with zero attached hydrogens (tertiary/aromatic N) is 1. The van der Waals surface area contributed by atoms with Crippen molar-refractivity contribution in [2.75, 3.05) is 36.4 Å². The minimum Gasteiger partial charge on any atom is -0.372 e. The molecule has 0 aromatic heterocycles. The van der Waals surface area contributed by atoms with Crippen LogP contribution in [0.15, 0.2) is 24.3 Å². The van der Waals surface area contributed by atoms with E-state index >= 15 is 0 Å². The highest BCUT2D eigenvalue weighted by molar-refractivity contribution is 5.96. The SMILES string of the molecule is CC1CN(c2ccccc2NC(=O)C2CCCNC2)CC(C)O1. The van der Waals surface area contributed by atoms with Crippen molar-refractivity contribution in [2.45, 2.75) is 38.9 Å². The Labute approximate surface area is 138 Å². The maximum Gasteiger partial charge on any atom is 0.228 e. The smallest absolute Gasteiger partial charge is 0.228 e. The molecular weight excluding hydrogens is 290 g/mol. The van der Waals surface area contributed by atoms with Gasteiger partial charge in [0.25, 0.3) is 0 Å². The summed E-state index contributed by atoms with van der Waals surface area (Å²) in [6.45, 7) is 7.68. The molecule has 5 heteroatoms. The van der Waals surface area contributed by atoms with Crippen molar-refractivity contribution in [3.63, 3.8) is 0 Å². The minimum atomic E-state index is 0.0688. The number of amides is 1. The molecule has 2 aliphatic rings. The Kier molecular flexibility index (Phi) is 5.18. The molecule has 23 heavy (non-hydrogen) atoms. The summed E-state index contributed by atoms with van der Waals surface area (Å²) >= 11 is 0. The topological polar surface area (TPSA) is 53.6 Å². The van der Waals surface area contributed by atoms with Gasteiger partial charge in [-0.3, -0.25) is 4.79 Å². The lowest BCUT2D eigenvalue weighted by molar-refractivity contribution is -0.120. The molecule has 2 aliphatic heterocycles. The largest absolute Gasteiger partial charge is 0.372 e. The van der Waals surface area contributed by atoms with Gasteiger partial charge in [-0.05, 0) is 45.4 Å². The van der Waals surface area contributed by atoms with Crippen molar-refractivity contribution < 1.29 is 9.53 Å². The van der Waals surface area contributed by atoms with E-state index in [4.69, 9.17) is 4.74 Å². The van der Waals surface area contributed by atoms with E-state index in [9.17, 15) is 4.79 Å². The average molecular weight is 317 g/mol. The van der Waals surface area contributed by atoms with Crippen molar-refractivity contribution in [1.29, 1.82) is 0 Å². The second-order valence-electron chi connectivity index (χ2n) is 6.71. The molecule has 2 fully saturated rings. The van der Waals surface area contributed by atoms with Crippen LogP contribution in [0.5, 0.6) is 0 Å². The van der Waals surface area contributed by atoms with E-state index in [1.54, 1.807) is 0 Å². The summed E-state index contributed by atoms with van der Waals surface area (Å²) in [5.41, 5.74) is 2.00. The molecular formula is C18H27N3O2. The number of benzene rings is 1. The zero-order valence-electron chi connectivity index (χ0n) is 14.0. The maximum atomic E-state index is 12.5.